The molecule has 1 fully saturated rings. The molecule has 0 bridgehead atoms. The van der Waals surface area contributed by atoms with E-state index in [1.165, 1.54) is 17.0 Å². The fraction of sp³-hybridized carbons (Fsp3) is 0.381. The van der Waals surface area contributed by atoms with Crippen LogP contribution in [0.2, 0.25) is 0 Å². The van der Waals surface area contributed by atoms with Gasteiger partial charge in [-0.3, -0.25) is 4.79 Å². The molecule has 1 amide bonds. The highest BCUT2D eigenvalue weighted by Gasteiger charge is 2.31. The third-order valence-corrected chi connectivity index (χ3v) is 5.22. The molecule has 1 atom stereocenters. The van der Waals surface area contributed by atoms with Gasteiger partial charge in [-0.25, -0.2) is 4.39 Å². The number of quaternary nitrogens is 1. The lowest BCUT2D eigenvalue weighted by molar-refractivity contribution is -0.915. The number of carbonyl (C=O) groups is 1. The van der Waals surface area contributed by atoms with Crippen LogP contribution in [0.1, 0.15) is 12.5 Å². The molecule has 0 spiro atoms. The van der Waals surface area contributed by atoms with Gasteiger partial charge in [0.25, 0.3) is 5.91 Å². The summed E-state index contributed by atoms with van der Waals surface area (Å²) in [6, 6.07) is 16.7. The maximum atomic E-state index is 13.1. The fourth-order valence-corrected chi connectivity index (χ4v) is 3.58. The van der Waals surface area contributed by atoms with Crippen LogP contribution in [0.4, 0.5) is 10.1 Å². The van der Waals surface area contributed by atoms with Crippen LogP contribution >= 0.6 is 0 Å². The first-order chi connectivity index (χ1) is 12.5. The van der Waals surface area contributed by atoms with Crippen molar-refractivity contribution in [3.63, 3.8) is 0 Å². The van der Waals surface area contributed by atoms with Gasteiger partial charge >= 0.3 is 0 Å². The molecular weight excluding hydrogens is 329 g/mol. The Labute approximate surface area is 154 Å². The maximum absolute atomic E-state index is 13.1. The molecule has 0 saturated carbocycles. The molecule has 0 radical (unpaired) electrons. The number of carbonyl (C=O) groups excluding carboxylic acids is 1. The van der Waals surface area contributed by atoms with E-state index in [0.29, 0.717) is 6.54 Å². The molecule has 1 saturated heterocycles. The zero-order valence-electron chi connectivity index (χ0n) is 15.5. The third kappa shape index (κ3) is 4.41. The van der Waals surface area contributed by atoms with E-state index in [-0.39, 0.29) is 17.8 Å². The predicted octanol–water partition coefficient (Wildman–Crippen LogP) is 1.58. The fourth-order valence-electron chi connectivity index (χ4n) is 3.58. The molecular formula is C21H27FN3O+. The number of piperazine rings is 1. The molecule has 1 aliphatic heterocycles. The van der Waals surface area contributed by atoms with E-state index in [4.69, 9.17) is 0 Å². The highest BCUT2D eigenvalue weighted by molar-refractivity contribution is 5.79. The number of nitrogens with one attached hydrogen (secondary N) is 1. The van der Waals surface area contributed by atoms with E-state index < -0.39 is 0 Å². The summed E-state index contributed by atoms with van der Waals surface area (Å²) in [4.78, 5) is 18.2. The molecule has 138 valence electrons. The van der Waals surface area contributed by atoms with Gasteiger partial charge in [-0.2, -0.15) is 0 Å². The Morgan fingerprint density at radius 1 is 1.12 bits per heavy atom. The second-order valence-corrected chi connectivity index (χ2v) is 7.02. The summed E-state index contributed by atoms with van der Waals surface area (Å²) in [5.74, 6) is -0.0298. The zero-order valence-corrected chi connectivity index (χ0v) is 15.5. The minimum atomic E-state index is -0.210. The number of benzene rings is 2. The monoisotopic (exact) mass is 356 g/mol. The van der Waals surface area contributed by atoms with Gasteiger partial charge in [0.15, 0.2) is 6.04 Å². The molecule has 2 aromatic rings. The van der Waals surface area contributed by atoms with Crippen molar-refractivity contribution in [2.24, 2.45) is 0 Å². The van der Waals surface area contributed by atoms with Crippen LogP contribution in [0, 0.1) is 5.82 Å². The van der Waals surface area contributed by atoms with Crippen LogP contribution in [0.5, 0.6) is 0 Å². The summed E-state index contributed by atoms with van der Waals surface area (Å²) in [6.07, 6.45) is 0. The second kappa shape index (κ2) is 8.32. The quantitative estimate of drug-likeness (QED) is 0.881. The summed E-state index contributed by atoms with van der Waals surface area (Å²) in [5, 5.41) is 0. The Morgan fingerprint density at radius 3 is 2.35 bits per heavy atom. The summed E-state index contributed by atoms with van der Waals surface area (Å²) in [5.41, 5.74) is 2.19. The van der Waals surface area contributed by atoms with E-state index in [1.54, 1.807) is 0 Å². The van der Waals surface area contributed by atoms with E-state index in [9.17, 15) is 9.18 Å². The van der Waals surface area contributed by atoms with Crippen molar-refractivity contribution >= 4 is 11.6 Å². The topological polar surface area (TPSA) is 28.0 Å². The summed E-state index contributed by atoms with van der Waals surface area (Å²) < 4.78 is 13.1. The van der Waals surface area contributed by atoms with Crippen LogP contribution in [0.3, 0.4) is 0 Å². The molecule has 3 rings (SSSR count). The van der Waals surface area contributed by atoms with Gasteiger partial charge in [-0.15, -0.1) is 0 Å². The summed E-state index contributed by atoms with van der Waals surface area (Å²) >= 11 is 0. The number of nitrogens with zero attached hydrogens (tertiary/aromatic N) is 2. The Hall–Kier alpha value is -2.40. The van der Waals surface area contributed by atoms with Crippen molar-refractivity contribution < 1.29 is 14.1 Å². The van der Waals surface area contributed by atoms with Crippen LogP contribution in [0.25, 0.3) is 0 Å². The van der Waals surface area contributed by atoms with Gasteiger partial charge in [-0.05, 0) is 36.8 Å². The van der Waals surface area contributed by atoms with Gasteiger partial charge in [0.05, 0.1) is 26.2 Å². The highest BCUT2D eigenvalue weighted by atomic mass is 19.1. The van der Waals surface area contributed by atoms with E-state index in [0.717, 1.165) is 37.4 Å². The number of hydrogen-bond donors (Lipinski definition) is 1. The predicted molar refractivity (Wildman–Crippen MR) is 102 cm³/mol. The smallest absolute Gasteiger partial charge is 0.280 e. The van der Waals surface area contributed by atoms with Gasteiger partial charge < -0.3 is 14.7 Å². The molecule has 0 aliphatic carbocycles. The number of likely N-dealkylation sites (N-methyl/N-ethyl adjacent to an activating group) is 1. The average molecular weight is 356 g/mol. The lowest BCUT2D eigenvalue weighted by Gasteiger charge is -2.37. The first-order valence-electron chi connectivity index (χ1n) is 9.18. The molecule has 0 unspecified atom stereocenters. The molecule has 1 N–H and O–H groups in total. The lowest BCUT2D eigenvalue weighted by atomic mass is 10.1. The first-order valence-corrected chi connectivity index (χ1v) is 9.18. The standard InChI is InChI=1S/C21H26FN3O/c1-17(21(26)23(2)16-18-6-4-3-5-7-18)24-12-14-25(15-13-24)20-10-8-19(22)9-11-20/h3-11,17H,12-16H2,1-2H3/p+1/t17-/m0/s1. The third-order valence-electron chi connectivity index (χ3n) is 5.22. The molecule has 26 heavy (non-hydrogen) atoms. The van der Waals surface area contributed by atoms with Gasteiger partial charge in [0.2, 0.25) is 0 Å². The number of rotatable bonds is 5. The summed E-state index contributed by atoms with van der Waals surface area (Å²) in [6.45, 7) is 6.22. The van der Waals surface area contributed by atoms with Crippen molar-refractivity contribution in [2.45, 2.75) is 19.5 Å². The Balaban J connectivity index is 1.53. The van der Waals surface area contributed by atoms with Crippen molar-refractivity contribution in [3.8, 4) is 0 Å². The molecule has 1 aliphatic rings. The maximum Gasteiger partial charge on any atom is 0.280 e. The number of hydrogen-bond acceptors (Lipinski definition) is 2. The van der Waals surface area contributed by atoms with Crippen molar-refractivity contribution in [1.29, 1.82) is 0 Å². The van der Waals surface area contributed by atoms with Gasteiger partial charge in [-0.1, -0.05) is 30.3 Å². The highest BCUT2D eigenvalue weighted by Crippen LogP contribution is 2.14. The number of anilines is 1. The van der Waals surface area contributed by atoms with Crippen LogP contribution in [-0.4, -0.2) is 50.1 Å². The van der Waals surface area contributed by atoms with Crippen molar-refractivity contribution in [3.05, 3.63) is 66.0 Å². The Kier molecular flexibility index (Phi) is 5.89. The van der Waals surface area contributed by atoms with Gasteiger partial charge in [0.1, 0.15) is 5.82 Å². The molecule has 4 nitrogen and oxygen atoms in total. The lowest BCUT2D eigenvalue weighted by Crippen LogP contribution is -3.19. The van der Waals surface area contributed by atoms with Crippen LogP contribution in [0.15, 0.2) is 54.6 Å². The van der Waals surface area contributed by atoms with Crippen molar-refractivity contribution in [1.82, 2.24) is 4.90 Å². The Morgan fingerprint density at radius 2 is 1.73 bits per heavy atom. The normalized spacial score (nSPS) is 16.3. The van der Waals surface area contributed by atoms with Crippen LogP contribution < -0.4 is 9.80 Å². The van der Waals surface area contributed by atoms with E-state index in [1.807, 2.05) is 61.3 Å². The molecule has 5 heteroatoms. The zero-order chi connectivity index (χ0) is 18.5. The second-order valence-electron chi connectivity index (χ2n) is 7.02. The largest absolute Gasteiger partial charge is 0.360 e. The Bertz CT molecular complexity index is 712. The van der Waals surface area contributed by atoms with E-state index >= 15 is 0 Å². The minimum absolute atomic E-state index is 0.0564. The molecule has 1 heterocycles. The summed E-state index contributed by atoms with van der Waals surface area (Å²) in [7, 11) is 1.88. The van der Waals surface area contributed by atoms with Crippen molar-refractivity contribution in [2.75, 3.05) is 38.1 Å². The number of halogens is 1. The number of amides is 1. The average Bonchev–Trinajstić information content (AvgIpc) is 2.68. The molecule has 2 aromatic carbocycles. The minimum Gasteiger partial charge on any atom is -0.360 e. The SMILES string of the molecule is C[C@@H](C(=O)N(C)Cc1ccccc1)[NH+]1CCN(c2ccc(F)cc2)CC1. The molecule has 0 aromatic heterocycles. The van der Waals surface area contributed by atoms with E-state index in [2.05, 4.69) is 4.90 Å². The van der Waals surface area contributed by atoms with Gasteiger partial charge in [0, 0.05) is 19.3 Å². The first kappa shape index (κ1) is 18.4. The van der Waals surface area contributed by atoms with Crippen LogP contribution in [-0.2, 0) is 11.3 Å².